The first-order valence-corrected chi connectivity index (χ1v) is 4.20. The molecule has 1 spiro atoms. The van der Waals surface area contributed by atoms with Gasteiger partial charge in [-0.1, -0.05) is 12.2 Å². The molecule has 1 atom stereocenters. The summed E-state index contributed by atoms with van der Waals surface area (Å²) in [6.07, 6.45) is 10.7. The van der Waals surface area contributed by atoms with Gasteiger partial charge in [0.15, 0.2) is 0 Å². The van der Waals surface area contributed by atoms with Crippen LogP contribution < -0.4 is 0 Å². The first kappa shape index (κ1) is 6.41. The minimum atomic E-state index is 0.286. The lowest BCUT2D eigenvalue weighted by atomic mass is 9.87. The van der Waals surface area contributed by atoms with Crippen molar-refractivity contribution in [1.82, 2.24) is 0 Å². The van der Waals surface area contributed by atoms with E-state index in [1.165, 1.54) is 25.7 Å². The predicted octanol–water partition coefficient (Wildman–Crippen LogP) is 2.28. The molecule has 0 unspecified atom stereocenters. The Bertz CT molecular complexity index is 143. The average Bonchev–Trinajstić information content (AvgIpc) is 2.39. The molecule has 10 heavy (non-hydrogen) atoms. The Hall–Kier alpha value is -0.300. The molecule has 56 valence electrons. The highest BCUT2D eigenvalue weighted by Crippen LogP contribution is 2.36. The lowest BCUT2D eigenvalue weighted by Gasteiger charge is -2.29. The molecule has 1 heteroatoms. The molecule has 2 rings (SSSR count). The third-order valence-corrected chi connectivity index (χ3v) is 2.61. The minimum absolute atomic E-state index is 0.286. The molecule has 1 heterocycles. The van der Waals surface area contributed by atoms with Gasteiger partial charge in [-0.3, -0.25) is 0 Å². The Morgan fingerprint density at radius 2 is 2.20 bits per heavy atom. The van der Waals surface area contributed by atoms with Crippen LogP contribution in [0.15, 0.2) is 12.2 Å². The van der Waals surface area contributed by atoms with Crippen molar-refractivity contribution >= 4 is 0 Å². The molecule has 1 aliphatic carbocycles. The Labute approximate surface area is 62.1 Å². The maximum absolute atomic E-state index is 5.73. The summed E-state index contributed by atoms with van der Waals surface area (Å²) in [4.78, 5) is 0. The lowest BCUT2D eigenvalue weighted by Crippen LogP contribution is -2.28. The third-order valence-electron chi connectivity index (χ3n) is 2.61. The second kappa shape index (κ2) is 2.39. The van der Waals surface area contributed by atoms with Crippen molar-refractivity contribution in [3.63, 3.8) is 0 Å². The van der Waals surface area contributed by atoms with Gasteiger partial charge < -0.3 is 4.74 Å². The molecule has 0 N–H and O–H groups in total. The van der Waals surface area contributed by atoms with Crippen LogP contribution >= 0.6 is 0 Å². The molecule has 0 radical (unpaired) electrons. The van der Waals surface area contributed by atoms with Crippen LogP contribution in [0.3, 0.4) is 0 Å². The third kappa shape index (κ3) is 0.988. The fraction of sp³-hybridized carbons (Fsp3) is 0.778. The normalized spacial score (nSPS) is 39.2. The molecular formula is C9H14O. The van der Waals surface area contributed by atoms with Crippen LogP contribution in [0.25, 0.3) is 0 Å². The quantitative estimate of drug-likeness (QED) is 0.466. The average molecular weight is 138 g/mol. The van der Waals surface area contributed by atoms with E-state index in [-0.39, 0.29) is 5.60 Å². The predicted molar refractivity (Wildman–Crippen MR) is 40.9 cm³/mol. The minimum Gasteiger partial charge on any atom is -0.375 e. The van der Waals surface area contributed by atoms with Gasteiger partial charge in [-0.05, 0) is 32.1 Å². The molecule has 1 aliphatic heterocycles. The highest BCUT2D eigenvalue weighted by Gasteiger charge is 2.34. The van der Waals surface area contributed by atoms with E-state index in [1.54, 1.807) is 0 Å². The van der Waals surface area contributed by atoms with Gasteiger partial charge in [0.25, 0.3) is 0 Å². The van der Waals surface area contributed by atoms with Crippen molar-refractivity contribution in [2.24, 2.45) is 0 Å². The summed E-state index contributed by atoms with van der Waals surface area (Å²) in [7, 11) is 0. The Kier molecular flexibility index (Phi) is 1.53. The molecule has 0 saturated carbocycles. The summed E-state index contributed by atoms with van der Waals surface area (Å²) in [6.45, 7) is 0.994. The SMILES string of the molecule is C1=CC[C@]2(CC1)CCCO2. The van der Waals surface area contributed by atoms with E-state index in [0.717, 1.165) is 13.0 Å². The second-order valence-electron chi connectivity index (χ2n) is 3.35. The van der Waals surface area contributed by atoms with Crippen molar-refractivity contribution in [3.05, 3.63) is 12.2 Å². The van der Waals surface area contributed by atoms with Gasteiger partial charge in [0, 0.05) is 6.61 Å². The zero-order valence-corrected chi connectivity index (χ0v) is 6.31. The molecule has 2 aliphatic rings. The van der Waals surface area contributed by atoms with Crippen LogP contribution in [0.1, 0.15) is 32.1 Å². The monoisotopic (exact) mass is 138 g/mol. The molecule has 0 aromatic rings. The van der Waals surface area contributed by atoms with Gasteiger partial charge in [-0.15, -0.1) is 0 Å². The van der Waals surface area contributed by atoms with Crippen LogP contribution in [-0.2, 0) is 4.74 Å². The van der Waals surface area contributed by atoms with Gasteiger partial charge in [0.1, 0.15) is 0 Å². The van der Waals surface area contributed by atoms with E-state index in [1.807, 2.05) is 0 Å². The van der Waals surface area contributed by atoms with Gasteiger partial charge in [-0.25, -0.2) is 0 Å². The van der Waals surface area contributed by atoms with Gasteiger partial charge in [0.05, 0.1) is 5.60 Å². The molecule has 0 amide bonds. The van der Waals surface area contributed by atoms with E-state index >= 15 is 0 Å². The molecule has 1 saturated heterocycles. The Balaban J connectivity index is 2.06. The zero-order chi connectivity index (χ0) is 6.86. The van der Waals surface area contributed by atoms with Crippen molar-refractivity contribution in [3.8, 4) is 0 Å². The summed E-state index contributed by atoms with van der Waals surface area (Å²) in [5.74, 6) is 0. The van der Waals surface area contributed by atoms with E-state index < -0.39 is 0 Å². The maximum atomic E-state index is 5.73. The number of hydrogen-bond donors (Lipinski definition) is 0. The van der Waals surface area contributed by atoms with Crippen LogP contribution in [0.2, 0.25) is 0 Å². The standard InChI is InChI=1S/C9H14O/c1-2-5-9(6-3-1)7-4-8-10-9/h1-2H,3-8H2/t9-/m0/s1. The molecule has 1 nitrogen and oxygen atoms in total. The van der Waals surface area contributed by atoms with E-state index in [9.17, 15) is 0 Å². The Morgan fingerprint density at radius 1 is 1.20 bits per heavy atom. The smallest absolute Gasteiger partial charge is 0.0720 e. The van der Waals surface area contributed by atoms with Gasteiger partial charge in [-0.2, -0.15) is 0 Å². The molecule has 0 aromatic heterocycles. The second-order valence-corrected chi connectivity index (χ2v) is 3.35. The Morgan fingerprint density at radius 3 is 2.80 bits per heavy atom. The molecule has 0 aromatic carbocycles. The fourth-order valence-corrected chi connectivity index (χ4v) is 1.98. The summed E-state index contributed by atoms with van der Waals surface area (Å²) in [5.41, 5.74) is 0.286. The number of hydrogen-bond acceptors (Lipinski definition) is 1. The number of ether oxygens (including phenoxy) is 1. The molecule has 1 fully saturated rings. The lowest BCUT2D eigenvalue weighted by molar-refractivity contribution is -0.00253. The molecular weight excluding hydrogens is 124 g/mol. The number of rotatable bonds is 0. The topological polar surface area (TPSA) is 9.23 Å². The zero-order valence-electron chi connectivity index (χ0n) is 6.31. The van der Waals surface area contributed by atoms with Crippen molar-refractivity contribution in [1.29, 1.82) is 0 Å². The largest absolute Gasteiger partial charge is 0.375 e. The van der Waals surface area contributed by atoms with Crippen LogP contribution in [0.4, 0.5) is 0 Å². The summed E-state index contributed by atoms with van der Waals surface area (Å²) in [6, 6.07) is 0. The summed E-state index contributed by atoms with van der Waals surface area (Å²) < 4.78 is 5.73. The maximum Gasteiger partial charge on any atom is 0.0720 e. The van der Waals surface area contributed by atoms with Crippen LogP contribution in [0, 0.1) is 0 Å². The van der Waals surface area contributed by atoms with Gasteiger partial charge in [0.2, 0.25) is 0 Å². The van der Waals surface area contributed by atoms with E-state index in [4.69, 9.17) is 4.74 Å². The van der Waals surface area contributed by atoms with Crippen molar-refractivity contribution in [2.45, 2.75) is 37.7 Å². The van der Waals surface area contributed by atoms with E-state index in [0.29, 0.717) is 0 Å². The fourth-order valence-electron chi connectivity index (χ4n) is 1.98. The first-order chi connectivity index (χ1) is 4.91. The summed E-state index contributed by atoms with van der Waals surface area (Å²) >= 11 is 0. The number of allylic oxidation sites excluding steroid dienone is 1. The van der Waals surface area contributed by atoms with Gasteiger partial charge >= 0.3 is 0 Å². The van der Waals surface area contributed by atoms with Crippen LogP contribution in [0.5, 0.6) is 0 Å². The summed E-state index contributed by atoms with van der Waals surface area (Å²) in [5, 5.41) is 0. The van der Waals surface area contributed by atoms with E-state index in [2.05, 4.69) is 12.2 Å². The molecule has 0 bridgehead atoms. The highest BCUT2D eigenvalue weighted by atomic mass is 16.5. The van der Waals surface area contributed by atoms with Crippen molar-refractivity contribution < 1.29 is 4.74 Å². The van der Waals surface area contributed by atoms with Crippen molar-refractivity contribution in [2.75, 3.05) is 6.61 Å². The van der Waals surface area contributed by atoms with Crippen LogP contribution in [-0.4, -0.2) is 12.2 Å². The first-order valence-electron chi connectivity index (χ1n) is 4.20. The highest BCUT2D eigenvalue weighted by molar-refractivity contribution is 5.00.